The first kappa shape index (κ1) is 31.2. The van der Waals surface area contributed by atoms with Crippen LogP contribution in [0.4, 0.5) is 0 Å². The van der Waals surface area contributed by atoms with E-state index >= 15 is 0 Å². The number of nitrogens with zero attached hydrogens (tertiary/aromatic N) is 1. The minimum atomic E-state index is -1.09. The van der Waals surface area contributed by atoms with Crippen molar-refractivity contribution in [1.82, 2.24) is 0 Å². The summed E-state index contributed by atoms with van der Waals surface area (Å²) in [6.07, 6.45) is 8.60. The molecule has 5 rings (SSSR count). The molecule has 218 valence electrons. The Kier molecular flexibility index (Phi) is 10.3. The number of esters is 1. The highest BCUT2D eigenvalue weighted by molar-refractivity contribution is 6.14. The average Bonchev–Trinajstić information content (AvgIpc) is 3.83. The molecule has 3 aromatic rings. The first-order valence-electron chi connectivity index (χ1n) is 15.3. The van der Waals surface area contributed by atoms with Crippen LogP contribution in [0.15, 0.2) is 71.7 Å². The maximum atomic E-state index is 12.1. The summed E-state index contributed by atoms with van der Waals surface area (Å²) in [6.45, 7) is 15.2. The van der Waals surface area contributed by atoms with Crippen LogP contribution in [0.1, 0.15) is 97.9 Å². The highest BCUT2D eigenvalue weighted by Crippen LogP contribution is 2.36. The normalized spacial score (nSPS) is 18.1. The topological polar surface area (TPSA) is 55.7 Å². The molecule has 1 aliphatic carbocycles. The van der Waals surface area contributed by atoms with Crippen LogP contribution in [0.3, 0.4) is 0 Å². The van der Waals surface area contributed by atoms with Crippen molar-refractivity contribution < 1.29 is 14.3 Å². The van der Waals surface area contributed by atoms with Crippen molar-refractivity contribution >= 4 is 23.0 Å². The molecule has 0 spiro atoms. The van der Waals surface area contributed by atoms with E-state index in [2.05, 4.69) is 83.5 Å². The van der Waals surface area contributed by atoms with Crippen LogP contribution in [-0.4, -0.2) is 24.0 Å². The molecule has 0 amide bonds. The number of hydrogen-bond donors (Lipinski definition) is 0. The van der Waals surface area contributed by atoms with Gasteiger partial charge in [0, 0.05) is 36.1 Å². The van der Waals surface area contributed by atoms with E-state index in [0.717, 1.165) is 42.6 Å². The van der Waals surface area contributed by atoms with E-state index in [1.54, 1.807) is 6.07 Å². The zero-order valence-corrected chi connectivity index (χ0v) is 25.8. The fourth-order valence-corrected chi connectivity index (χ4v) is 5.69. The molecule has 1 fully saturated rings. The molecule has 0 saturated carbocycles. The Bertz CT molecular complexity index is 1510. The molecule has 0 N–H and O–H groups in total. The number of hydrogen-bond acceptors (Lipinski definition) is 4. The second-order valence-electron chi connectivity index (χ2n) is 11.0. The predicted molar refractivity (Wildman–Crippen MR) is 173 cm³/mol. The summed E-state index contributed by atoms with van der Waals surface area (Å²) in [7, 11) is 0. The van der Waals surface area contributed by atoms with Crippen molar-refractivity contribution in [2.24, 2.45) is 4.99 Å². The van der Waals surface area contributed by atoms with E-state index in [4.69, 9.17) is 9.73 Å². The lowest BCUT2D eigenvalue weighted by Crippen LogP contribution is -2.44. The standard InChI is InChI=1S/C24H28N.C14H15O3/c1-5-8-20-16-21(12-14-22(20)19-10-11-19)24(25-7-3)23-13-9-17(4)15-18(23)6-2;1-3-14(11-6-4-5-10(2)9-11)12(15)7-8-13(16)17-14/h9-16H,5-8H2,1-4H3;4-6,9H,2-3,7-8H2,1H3/t;14-/m.1/s1. The Labute approximate surface area is 251 Å². The van der Waals surface area contributed by atoms with E-state index in [0.29, 0.717) is 6.42 Å². The first-order valence-corrected chi connectivity index (χ1v) is 15.3. The van der Waals surface area contributed by atoms with Crippen LogP contribution in [0.5, 0.6) is 0 Å². The fourth-order valence-electron chi connectivity index (χ4n) is 5.69. The van der Waals surface area contributed by atoms with E-state index in [-0.39, 0.29) is 24.6 Å². The molecular weight excluding hydrogens is 518 g/mol. The lowest BCUT2D eigenvalue weighted by atomic mass is 9.82. The van der Waals surface area contributed by atoms with Gasteiger partial charge in [0.15, 0.2) is 11.4 Å². The van der Waals surface area contributed by atoms with Gasteiger partial charge in [-0.15, -0.1) is 0 Å². The molecule has 1 aliphatic heterocycles. The molecule has 2 aliphatic rings. The third-order valence-electron chi connectivity index (χ3n) is 7.94. The monoisotopic (exact) mass is 561 g/mol. The minimum absolute atomic E-state index is 0.0230. The number of ketones is 1. The van der Waals surface area contributed by atoms with Crippen molar-refractivity contribution in [1.29, 1.82) is 0 Å². The summed E-state index contributed by atoms with van der Waals surface area (Å²) in [4.78, 5) is 28.4. The number of carbonyl (C=O) groups is 2. The summed E-state index contributed by atoms with van der Waals surface area (Å²) < 4.78 is 5.36. The lowest BCUT2D eigenvalue weighted by molar-refractivity contribution is -0.176. The summed E-state index contributed by atoms with van der Waals surface area (Å²) in [5, 5.41) is 0. The maximum Gasteiger partial charge on any atom is 0.307 e. The van der Waals surface area contributed by atoms with E-state index < -0.39 is 5.60 Å². The number of rotatable bonds is 9. The molecule has 4 heteroatoms. The van der Waals surface area contributed by atoms with Gasteiger partial charge in [-0.05, 0) is 73.9 Å². The molecule has 0 aromatic heterocycles. The molecule has 1 saturated heterocycles. The summed E-state index contributed by atoms with van der Waals surface area (Å²) >= 11 is 0. The lowest BCUT2D eigenvalue weighted by Gasteiger charge is -2.34. The second kappa shape index (κ2) is 13.9. The first-order chi connectivity index (χ1) is 20.3. The van der Waals surface area contributed by atoms with Gasteiger partial charge in [-0.1, -0.05) is 93.4 Å². The summed E-state index contributed by atoms with van der Waals surface area (Å²) in [5.41, 5.74) is 11.0. The highest BCUT2D eigenvalue weighted by Gasteiger charge is 2.45. The van der Waals surface area contributed by atoms with Crippen molar-refractivity contribution in [3.05, 3.63) is 125 Å². The van der Waals surface area contributed by atoms with Crippen LogP contribution in [0.25, 0.3) is 5.57 Å². The summed E-state index contributed by atoms with van der Waals surface area (Å²) in [5.74, 6) is -0.328. The van der Waals surface area contributed by atoms with Gasteiger partial charge in [0.1, 0.15) is 0 Å². The van der Waals surface area contributed by atoms with Crippen molar-refractivity contribution in [2.75, 3.05) is 6.54 Å². The molecule has 1 atom stereocenters. The number of Topliss-reactive ketones (excluding diaryl/α,β-unsaturated/α-hetero) is 1. The number of aliphatic imine (C=N–C) groups is 1. The van der Waals surface area contributed by atoms with Gasteiger partial charge in [-0.25, -0.2) is 0 Å². The Balaban J connectivity index is 0.000000208. The molecule has 42 heavy (non-hydrogen) atoms. The molecular formula is C38H43NO3. The third kappa shape index (κ3) is 6.98. The number of allylic oxidation sites excluding steroid dienone is 2. The largest absolute Gasteiger partial charge is 0.446 e. The molecule has 4 nitrogen and oxygen atoms in total. The van der Waals surface area contributed by atoms with Gasteiger partial charge in [-0.3, -0.25) is 14.6 Å². The number of ether oxygens (including phenoxy) is 1. The van der Waals surface area contributed by atoms with E-state index in [1.807, 2.05) is 25.1 Å². The van der Waals surface area contributed by atoms with Gasteiger partial charge >= 0.3 is 5.97 Å². The molecule has 0 unspecified atom stereocenters. The number of carbonyl (C=O) groups excluding carboxylic acids is 2. The van der Waals surface area contributed by atoms with Crippen LogP contribution < -0.4 is 0 Å². The SMILES string of the molecule is CCCc1cc(C(=NCC)c2ccc(C)cc2CC)ccc1C1=C[CH]1.[CH2]c1cccc([C@@]2(CC)OC(=O)CCC2=O)c1. The van der Waals surface area contributed by atoms with Gasteiger partial charge in [-0.2, -0.15) is 0 Å². The van der Waals surface area contributed by atoms with Gasteiger partial charge in [0.25, 0.3) is 0 Å². The number of benzene rings is 3. The van der Waals surface area contributed by atoms with Crippen LogP contribution in [0.2, 0.25) is 0 Å². The van der Waals surface area contributed by atoms with Crippen LogP contribution in [0, 0.1) is 20.3 Å². The third-order valence-corrected chi connectivity index (χ3v) is 7.94. The number of cyclic esters (lactones) is 1. The maximum absolute atomic E-state index is 12.1. The van der Waals surface area contributed by atoms with Crippen LogP contribution >= 0.6 is 0 Å². The average molecular weight is 562 g/mol. The van der Waals surface area contributed by atoms with Crippen molar-refractivity contribution in [2.45, 2.75) is 78.7 Å². The zero-order valence-electron chi connectivity index (χ0n) is 25.8. The summed E-state index contributed by atoms with van der Waals surface area (Å²) in [6, 6.07) is 20.9. The smallest absolute Gasteiger partial charge is 0.307 e. The minimum Gasteiger partial charge on any atom is -0.446 e. The van der Waals surface area contributed by atoms with E-state index in [1.165, 1.54) is 39.0 Å². The van der Waals surface area contributed by atoms with Crippen LogP contribution in [-0.2, 0) is 32.8 Å². The Morgan fingerprint density at radius 1 is 0.952 bits per heavy atom. The molecule has 2 radical (unpaired) electrons. The molecule has 1 heterocycles. The molecule has 0 bridgehead atoms. The van der Waals surface area contributed by atoms with Gasteiger partial charge in [0.2, 0.25) is 0 Å². The predicted octanol–water partition coefficient (Wildman–Crippen LogP) is 8.35. The highest BCUT2D eigenvalue weighted by atomic mass is 16.6. The molecule has 3 aromatic carbocycles. The Morgan fingerprint density at radius 2 is 1.74 bits per heavy atom. The second-order valence-corrected chi connectivity index (χ2v) is 11.0. The Hall–Kier alpha value is -3.79. The quantitative estimate of drug-likeness (QED) is 0.195. The van der Waals surface area contributed by atoms with Crippen molar-refractivity contribution in [3.63, 3.8) is 0 Å². The fraction of sp³-hybridized carbons (Fsp3) is 0.342. The van der Waals surface area contributed by atoms with E-state index in [9.17, 15) is 9.59 Å². The van der Waals surface area contributed by atoms with Crippen molar-refractivity contribution in [3.8, 4) is 0 Å². The Morgan fingerprint density at radius 3 is 2.38 bits per heavy atom. The van der Waals surface area contributed by atoms with Gasteiger partial charge < -0.3 is 4.74 Å². The van der Waals surface area contributed by atoms with Gasteiger partial charge in [0.05, 0.1) is 12.1 Å². The zero-order chi connectivity index (χ0) is 30.3. The number of aryl methyl sites for hydroxylation is 3.